The minimum Gasteiger partial charge on any atom is -0.492 e. The van der Waals surface area contributed by atoms with Crippen molar-refractivity contribution in [2.24, 2.45) is 0 Å². The van der Waals surface area contributed by atoms with Gasteiger partial charge < -0.3 is 4.74 Å². The largest absolute Gasteiger partial charge is 0.492 e. The van der Waals surface area contributed by atoms with E-state index in [2.05, 4.69) is 17.1 Å². The lowest BCUT2D eigenvalue weighted by Crippen LogP contribution is -2.23. The van der Waals surface area contributed by atoms with Crippen molar-refractivity contribution in [2.75, 3.05) is 6.61 Å². The monoisotopic (exact) mass is 362 g/mol. The number of rotatable bonds is 5. The fraction of sp³-hybridized carbons (Fsp3) is 0.143. The first-order valence-electron chi connectivity index (χ1n) is 8.46. The van der Waals surface area contributed by atoms with E-state index >= 15 is 0 Å². The lowest BCUT2D eigenvalue weighted by atomic mass is 10.1. The van der Waals surface area contributed by atoms with E-state index < -0.39 is 0 Å². The van der Waals surface area contributed by atoms with Crippen molar-refractivity contribution in [3.63, 3.8) is 0 Å². The fourth-order valence-electron chi connectivity index (χ4n) is 2.96. The lowest BCUT2D eigenvalue weighted by molar-refractivity contribution is 0.296. The van der Waals surface area contributed by atoms with Crippen molar-refractivity contribution in [1.82, 2.24) is 9.55 Å². The van der Waals surface area contributed by atoms with E-state index in [1.807, 2.05) is 55.5 Å². The second-order valence-corrected chi connectivity index (χ2v) is 7.01. The normalized spacial score (nSPS) is 11.0. The van der Waals surface area contributed by atoms with Crippen molar-refractivity contribution in [3.05, 3.63) is 82.9 Å². The first kappa shape index (κ1) is 16.5. The highest BCUT2D eigenvalue weighted by molar-refractivity contribution is 7.22. The van der Waals surface area contributed by atoms with Gasteiger partial charge in [0.2, 0.25) is 0 Å². The highest BCUT2D eigenvalue weighted by Gasteiger charge is 2.15. The Balaban J connectivity index is 1.62. The third kappa shape index (κ3) is 3.13. The van der Waals surface area contributed by atoms with E-state index in [-0.39, 0.29) is 5.56 Å². The summed E-state index contributed by atoms with van der Waals surface area (Å²) in [6.07, 6.45) is 1.61. The number of aryl methyl sites for hydroxylation is 1. The summed E-state index contributed by atoms with van der Waals surface area (Å²) < 4.78 is 7.32. The molecule has 0 aliphatic rings. The molecule has 2 aromatic carbocycles. The maximum absolute atomic E-state index is 12.9. The summed E-state index contributed by atoms with van der Waals surface area (Å²) in [6.45, 7) is 2.88. The molecule has 4 rings (SSSR count). The number of hydrogen-bond donors (Lipinski definition) is 0. The molecule has 0 N–H and O–H groups in total. The Kier molecular flexibility index (Phi) is 4.54. The Morgan fingerprint density at radius 1 is 1.04 bits per heavy atom. The van der Waals surface area contributed by atoms with E-state index in [0.717, 1.165) is 26.6 Å². The standard InChI is InChI=1S/C21H18N2O2S/c1-15-18-20(26-19(15)16-8-4-2-5-9-16)22-14-23(21(18)24)12-13-25-17-10-6-3-7-11-17/h2-11,14H,12-13H2,1H3. The van der Waals surface area contributed by atoms with Crippen molar-refractivity contribution < 1.29 is 4.74 Å². The van der Waals surface area contributed by atoms with Crippen molar-refractivity contribution in [1.29, 1.82) is 0 Å². The molecule has 4 nitrogen and oxygen atoms in total. The number of ether oxygens (including phenoxy) is 1. The third-order valence-corrected chi connectivity index (χ3v) is 5.55. The maximum atomic E-state index is 12.9. The van der Waals surface area contributed by atoms with Gasteiger partial charge in [-0.15, -0.1) is 11.3 Å². The van der Waals surface area contributed by atoms with Gasteiger partial charge in [-0.3, -0.25) is 9.36 Å². The summed E-state index contributed by atoms with van der Waals surface area (Å²) in [6, 6.07) is 19.7. The second-order valence-electron chi connectivity index (χ2n) is 6.01. The lowest BCUT2D eigenvalue weighted by Gasteiger charge is -2.08. The van der Waals surface area contributed by atoms with Crippen LogP contribution in [0.2, 0.25) is 0 Å². The predicted molar refractivity (Wildman–Crippen MR) is 106 cm³/mol. The summed E-state index contributed by atoms with van der Waals surface area (Å²) in [7, 11) is 0. The summed E-state index contributed by atoms with van der Waals surface area (Å²) in [5.41, 5.74) is 2.10. The minimum atomic E-state index is -0.0115. The summed E-state index contributed by atoms with van der Waals surface area (Å²) in [5, 5.41) is 0.705. The van der Waals surface area contributed by atoms with Gasteiger partial charge in [0.05, 0.1) is 18.3 Å². The Labute approximate surface area is 155 Å². The molecule has 4 aromatic rings. The van der Waals surface area contributed by atoms with Crippen LogP contribution in [0.25, 0.3) is 20.7 Å². The molecular weight excluding hydrogens is 344 g/mol. The van der Waals surface area contributed by atoms with Crippen molar-refractivity contribution >= 4 is 21.6 Å². The van der Waals surface area contributed by atoms with Gasteiger partial charge in [-0.25, -0.2) is 4.98 Å². The molecule has 0 amide bonds. The molecule has 0 radical (unpaired) electrons. The second kappa shape index (κ2) is 7.14. The van der Waals surface area contributed by atoms with Crippen LogP contribution >= 0.6 is 11.3 Å². The van der Waals surface area contributed by atoms with Gasteiger partial charge in [0.1, 0.15) is 17.2 Å². The average Bonchev–Trinajstić information content (AvgIpc) is 3.02. The van der Waals surface area contributed by atoms with Crippen LogP contribution < -0.4 is 10.3 Å². The molecule has 5 heteroatoms. The van der Waals surface area contributed by atoms with Gasteiger partial charge in [0.15, 0.2) is 0 Å². The Morgan fingerprint density at radius 2 is 1.73 bits per heavy atom. The molecule has 0 aliphatic heterocycles. The number of hydrogen-bond acceptors (Lipinski definition) is 4. The molecule has 0 atom stereocenters. The first-order valence-corrected chi connectivity index (χ1v) is 9.27. The molecule has 0 aliphatic carbocycles. The van der Waals surface area contributed by atoms with Gasteiger partial charge >= 0.3 is 0 Å². The van der Waals surface area contributed by atoms with Gasteiger partial charge in [-0.05, 0) is 30.2 Å². The van der Waals surface area contributed by atoms with Crippen LogP contribution in [-0.2, 0) is 6.54 Å². The van der Waals surface area contributed by atoms with Gasteiger partial charge in [-0.2, -0.15) is 0 Å². The smallest absolute Gasteiger partial charge is 0.262 e. The van der Waals surface area contributed by atoms with Crippen LogP contribution in [0.15, 0.2) is 71.8 Å². The van der Waals surface area contributed by atoms with Crippen LogP contribution in [-0.4, -0.2) is 16.2 Å². The Morgan fingerprint density at radius 3 is 2.46 bits per heavy atom. The van der Waals surface area contributed by atoms with Gasteiger partial charge in [-0.1, -0.05) is 48.5 Å². The van der Waals surface area contributed by atoms with Gasteiger partial charge in [0.25, 0.3) is 5.56 Å². The van der Waals surface area contributed by atoms with Crippen LogP contribution in [0.3, 0.4) is 0 Å². The Bertz CT molecular complexity index is 1090. The number of benzene rings is 2. The highest BCUT2D eigenvalue weighted by atomic mass is 32.1. The van der Waals surface area contributed by atoms with Gasteiger partial charge in [0, 0.05) is 4.88 Å². The average molecular weight is 362 g/mol. The van der Waals surface area contributed by atoms with Crippen LogP contribution in [0.5, 0.6) is 5.75 Å². The topological polar surface area (TPSA) is 44.1 Å². The minimum absolute atomic E-state index is 0.0115. The molecule has 130 valence electrons. The number of nitrogens with zero attached hydrogens (tertiary/aromatic N) is 2. The van der Waals surface area contributed by atoms with E-state index in [9.17, 15) is 4.79 Å². The summed E-state index contributed by atoms with van der Waals surface area (Å²) >= 11 is 1.56. The zero-order chi connectivity index (χ0) is 17.9. The number of aromatic nitrogens is 2. The molecule has 0 bridgehead atoms. The summed E-state index contributed by atoms with van der Waals surface area (Å²) in [4.78, 5) is 19.3. The van der Waals surface area contributed by atoms with E-state index in [1.165, 1.54) is 0 Å². The van der Waals surface area contributed by atoms with E-state index in [4.69, 9.17) is 4.74 Å². The molecule has 0 saturated heterocycles. The van der Waals surface area contributed by atoms with E-state index in [0.29, 0.717) is 18.5 Å². The van der Waals surface area contributed by atoms with E-state index in [1.54, 1.807) is 22.2 Å². The molecule has 2 aromatic heterocycles. The van der Waals surface area contributed by atoms with Crippen molar-refractivity contribution in [2.45, 2.75) is 13.5 Å². The Hall–Kier alpha value is -2.92. The first-order chi connectivity index (χ1) is 12.7. The maximum Gasteiger partial charge on any atom is 0.262 e. The molecule has 0 fully saturated rings. The number of fused-ring (bicyclic) bond motifs is 1. The molecular formula is C21H18N2O2S. The number of thiophene rings is 1. The highest BCUT2D eigenvalue weighted by Crippen LogP contribution is 2.35. The predicted octanol–water partition coefficient (Wildman–Crippen LogP) is 4.51. The van der Waals surface area contributed by atoms with Crippen LogP contribution in [0, 0.1) is 6.92 Å². The van der Waals surface area contributed by atoms with Crippen LogP contribution in [0.4, 0.5) is 0 Å². The number of para-hydroxylation sites is 1. The summed E-state index contributed by atoms with van der Waals surface area (Å²) in [5.74, 6) is 0.799. The quantitative estimate of drug-likeness (QED) is 0.525. The zero-order valence-electron chi connectivity index (χ0n) is 14.4. The molecule has 0 saturated carbocycles. The molecule has 26 heavy (non-hydrogen) atoms. The fourth-order valence-corrected chi connectivity index (χ4v) is 4.11. The molecule has 0 unspecified atom stereocenters. The van der Waals surface area contributed by atoms with Crippen LogP contribution in [0.1, 0.15) is 5.56 Å². The third-order valence-electron chi connectivity index (χ3n) is 4.30. The molecule has 2 heterocycles. The molecule has 0 spiro atoms. The SMILES string of the molecule is Cc1c(-c2ccccc2)sc2ncn(CCOc3ccccc3)c(=O)c12. The van der Waals surface area contributed by atoms with Crippen molar-refractivity contribution in [3.8, 4) is 16.2 Å². The zero-order valence-corrected chi connectivity index (χ0v) is 15.2.